The van der Waals surface area contributed by atoms with Gasteiger partial charge < -0.3 is 10.1 Å². The average molecular weight is 288 g/mol. The Morgan fingerprint density at radius 1 is 1.29 bits per heavy atom. The van der Waals surface area contributed by atoms with E-state index in [1.165, 1.54) is 45.2 Å². The molecule has 0 radical (unpaired) electrons. The van der Waals surface area contributed by atoms with Crippen LogP contribution in [0.4, 0.5) is 5.82 Å². The molecule has 4 rings (SSSR count). The van der Waals surface area contributed by atoms with Crippen LogP contribution in [-0.4, -0.2) is 53.3 Å². The van der Waals surface area contributed by atoms with Crippen molar-refractivity contribution in [3.63, 3.8) is 0 Å². The summed E-state index contributed by atoms with van der Waals surface area (Å²) in [6.07, 6.45) is 9.79. The average Bonchev–Trinajstić information content (AvgIpc) is 2.94. The summed E-state index contributed by atoms with van der Waals surface area (Å²) in [5, 5.41) is 3.53. The lowest BCUT2D eigenvalue weighted by atomic mass is 9.65. The van der Waals surface area contributed by atoms with Crippen molar-refractivity contribution < 1.29 is 4.74 Å². The van der Waals surface area contributed by atoms with E-state index in [9.17, 15) is 0 Å². The molecule has 3 aliphatic rings. The molecule has 1 spiro atoms. The summed E-state index contributed by atoms with van der Waals surface area (Å²) in [4.78, 5) is 10.9. The maximum atomic E-state index is 5.49. The molecule has 2 saturated heterocycles. The van der Waals surface area contributed by atoms with Gasteiger partial charge in [0.05, 0.1) is 0 Å². The minimum atomic E-state index is 0.572. The molecule has 0 unspecified atom stereocenters. The van der Waals surface area contributed by atoms with Crippen LogP contribution >= 0.6 is 0 Å². The van der Waals surface area contributed by atoms with E-state index in [0.29, 0.717) is 11.5 Å². The number of likely N-dealkylation sites (tertiary alicyclic amines) is 1. The molecule has 0 atom stereocenters. The Labute approximate surface area is 126 Å². The van der Waals surface area contributed by atoms with Crippen LogP contribution in [0.5, 0.6) is 0 Å². The Morgan fingerprint density at radius 2 is 2.14 bits per heavy atom. The van der Waals surface area contributed by atoms with Crippen molar-refractivity contribution in [2.75, 3.05) is 31.6 Å². The maximum Gasteiger partial charge on any atom is 0.129 e. The first-order valence-electron chi connectivity index (χ1n) is 8.17. The third-order valence-electron chi connectivity index (χ3n) is 5.47. The van der Waals surface area contributed by atoms with Gasteiger partial charge in [-0.15, -0.1) is 0 Å². The van der Waals surface area contributed by atoms with E-state index in [2.05, 4.69) is 20.2 Å². The Bertz CT molecular complexity index is 468. The summed E-state index contributed by atoms with van der Waals surface area (Å²) in [7, 11) is 0. The first kappa shape index (κ1) is 13.5. The molecule has 1 aromatic rings. The van der Waals surface area contributed by atoms with E-state index in [1.807, 2.05) is 6.07 Å². The highest BCUT2D eigenvalue weighted by Crippen LogP contribution is 2.49. The van der Waals surface area contributed by atoms with E-state index in [4.69, 9.17) is 4.74 Å². The molecule has 0 bridgehead atoms. The summed E-state index contributed by atoms with van der Waals surface area (Å²) >= 11 is 0. The first-order chi connectivity index (χ1) is 10.3. The monoisotopic (exact) mass is 288 g/mol. The maximum absolute atomic E-state index is 5.49. The van der Waals surface area contributed by atoms with Gasteiger partial charge >= 0.3 is 0 Å². The normalized spacial score (nSPS) is 34.0. The lowest BCUT2D eigenvalue weighted by molar-refractivity contribution is 0.0312. The van der Waals surface area contributed by atoms with Gasteiger partial charge in [0.2, 0.25) is 0 Å². The smallest absolute Gasteiger partial charge is 0.129 e. The van der Waals surface area contributed by atoms with Crippen LogP contribution < -0.4 is 5.32 Å². The van der Waals surface area contributed by atoms with Crippen molar-refractivity contribution in [1.82, 2.24) is 14.9 Å². The largest absolute Gasteiger partial charge is 0.381 e. The molecule has 1 aromatic heterocycles. The van der Waals surface area contributed by atoms with Crippen molar-refractivity contribution in [3.8, 4) is 0 Å². The number of anilines is 1. The van der Waals surface area contributed by atoms with Crippen molar-refractivity contribution in [2.24, 2.45) is 5.41 Å². The van der Waals surface area contributed by atoms with Gasteiger partial charge in [-0.2, -0.15) is 0 Å². The Kier molecular flexibility index (Phi) is 3.55. The second-order valence-electron chi connectivity index (χ2n) is 6.91. The van der Waals surface area contributed by atoms with Crippen molar-refractivity contribution in [3.05, 3.63) is 18.6 Å². The molecule has 0 aromatic carbocycles. The highest BCUT2D eigenvalue weighted by atomic mass is 16.5. The molecule has 1 saturated carbocycles. The SMILES string of the molecule is c1cc(NC2CC3(CCN(C4CCOCC4)C3)C2)ncn1. The molecule has 5 heteroatoms. The summed E-state index contributed by atoms with van der Waals surface area (Å²) in [5.74, 6) is 0.962. The minimum Gasteiger partial charge on any atom is -0.381 e. The molecule has 0 amide bonds. The fourth-order valence-corrected chi connectivity index (χ4v) is 4.34. The van der Waals surface area contributed by atoms with Gasteiger partial charge in [-0.25, -0.2) is 9.97 Å². The van der Waals surface area contributed by atoms with Crippen molar-refractivity contribution in [2.45, 2.75) is 44.2 Å². The van der Waals surface area contributed by atoms with Gasteiger partial charge in [-0.1, -0.05) is 0 Å². The van der Waals surface area contributed by atoms with Gasteiger partial charge in [-0.3, -0.25) is 4.90 Å². The topological polar surface area (TPSA) is 50.3 Å². The van der Waals surface area contributed by atoms with Crippen LogP contribution in [0.1, 0.15) is 32.1 Å². The van der Waals surface area contributed by atoms with Crippen LogP contribution in [0, 0.1) is 5.41 Å². The molecule has 114 valence electrons. The Morgan fingerprint density at radius 3 is 2.90 bits per heavy atom. The van der Waals surface area contributed by atoms with Crippen molar-refractivity contribution >= 4 is 5.82 Å². The zero-order valence-corrected chi connectivity index (χ0v) is 12.5. The van der Waals surface area contributed by atoms with Crippen LogP contribution in [0.3, 0.4) is 0 Å². The minimum absolute atomic E-state index is 0.572. The second-order valence-corrected chi connectivity index (χ2v) is 6.91. The molecule has 3 fully saturated rings. The summed E-state index contributed by atoms with van der Waals surface area (Å²) in [5.41, 5.74) is 0.572. The number of ether oxygens (including phenoxy) is 1. The Hall–Kier alpha value is -1.20. The summed E-state index contributed by atoms with van der Waals surface area (Å²) in [6.45, 7) is 4.47. The number of nitrogens with zero attached hydrogens (tertiary/aromatic N) is 3. The predicted octanol–water partition coefficient (Wildman–Crippen LogP) is 1.92. The molecule has 2 aliphatic heterocycles. The molecular weight excluding hydrogens is 264 g/mol. The van der Waals surface area contributed by atoms with E-state index in [1.54, 1.807) is 12.5 Å². The lowest BCUT2D eigenvalue weighted by Gasteiger charge is -2.46. The van der Waals surface area contributed by atoms with Gasteiger partial charge in [0, 0.05) is 38.0 Å². The quantitative estimate of drug-likeness (QED) is 0.921. The van der Waals surface area contributed by atoms with Crippen LogP contribution in [0.25, 0.3) is 0 Å². The first-order valence-corrected chi connectivity index (χ1v) is 8.17. The summed E-state index contributed by atoms with van der Waals surface area (Å²) < 4.78 is 5.49. The predicted molar refractivity (Wildman–Crippen MR) is 81.1 cm³/mol. The molecule has 3 heterocycles. The third-order valence-corrected chi connectivity index (χ3v) is 5.47. The van der Waals surface area contributed by atoms with Gasteiger partial charge in [0.15, 0.2) is 0 Å². The van der Waals surface area contributed by atoms with Crippen LogP contribution in [-0.2, 0) is 4.74 Å². The molecule has 1 aliphatic carbocycles. The molecule has 5 nitrogen and oxygen atoms in total. The summed E-state index contributed by atoms with van der Waals surface area (Å²) in [6, 6.07) is 3.31. The highest BCUT2D eigenvalue weighted by Gasteiger charge is 2.49. The van der Waals surface area contributed by atoms with Crippen LogP contribution in [0.15, 0.2) is 18.6 Å². The van der Waals surface area contributed by atoms with E-state index in [0.717, 1.165) is 25.1 Å². The molecular formula is C16H24N4O. The number of hydrogen-bond acceptors (Lipinski definition) is 5. The fourth-order valence-electron chi connectivity index (χ4n) is 4.34. The molecule has 21 heavy (non-hydrogen) atoms. The van der Waals surface area contributed by atoms with Gasteiger partial charge in [0.25, 0.3) is 0 Å². The fraction of sp³-hybridized carbons (Fsp3) is 0.750. The van der Waals surface area contributed by atoms with Crippen LogP contribution in [0.2, 0.25) is 0 Å². The Balaban J connectivity index is 1.29. The lowest BCUT2D eigenvalue weighted by Crippen LogP contribution is -2.48. The van der Waals surface area contributed by atoms with E-state index in [-0.39, 0.29) is 0 Å². The van der Waals surface area contributed by atoms with Gasteiger partial charge in [-0.05, 0) is 50.1 Å². The van der Waals surface area contributed by atoms with E-state index >= 15 is 0 Å². The third kappa shape index (κ3) is 2.77. The zero-order valence-electron chi connectivity index (χ0n) is 12.5. The number of nitrogens with one attached hydrogen (secondary N) is 1. The van der Waals surface area contributed by atoms with Gasteiger partial charge in [0.1, 0.15) is 12.1 Å². The molecule has 1 N–H and O–H groups in total. The van der Waals surface area contributed by atoms with Crippen molar-refractivity contribution in [1.29, 1.82) is 0 Å². The number of aromatic nitrogens is 2. The standard InChI is InChI=1S/C16H24N4O/c1-5-17-12-18-15(1)19-13-9-16(10-13)4-6-20(11-16)14-2-7-21-8-3-14/h1,5,12-14H,2-4,6-11H2,(H,17,18,19). The van der Waals surface area contributed by atoms with E-state index < -0.39 is 0 Å². The number of rotatable bonds is 3. The second kappa shape index (κ2) is 5.54. The highest BCUT2D eigenvalue weighted by molar-refractivity contribution is 5.34. The zero-order chi connectivity index (χ0) is 14.1. The number of hydrogen-bond donors (Lipinski definition) is 1.